The summed E-state index contributed by atoms with van der Waals surface area (Å²) in [7, 11) is 1.22. The van der Waals surface area contributed by atoms with Crippen LogP contribution in [-0.2, 0) is 4.79 Å². The summed E-state index contributed by atoms with van der Waals surface area (Å²) in [6.45, 7) is 0. The van der Waals surface area contributed by atoms with Gasteiger partial charge in [-0.25, -0.2) is 4.79 Å². The average Bonchev–Trinajstić information content (AvgIpc) is 2.60. The molecule has 0 amide bonds. The van der Waals surface area contributed by atoms with Gasteiger partial charge in [0.05, 0.1) is 18.8 Å². The normalized spacial score (nSPS) is 11.6. The molecule has 0 aromatic heterocycles. The molecule has 0 fully saturated rings. The highest BCUT2D eigenvalue weighted by Gasteiger charge is 2.41. The van der Waals surface area contributed by atoms with E-state index >= 15 is 0 Å². The minimum Gasteiger partial charge on any atom is -0.493 e. The van der Waals surface area contributed by atoms with Crippen molar-refractivity contribution in [3.05, 3.63) is 58.6 Å². The highest BCUT2D eigenvalue weighted by Crippen LogP contribution is 2.31. The first-order chi connectivity index (χ1) is 12.2. The van der Waals surface area contributed by atoms with Gasteiger partial charge in [-0.15, -0.1) is 0 Å². The second-order valence-corrected chi connectivity index (χ2v) is 5.41. The summed E-state index contributed by atoms with van der Waals surface area (Å²) in [5, 5.41) is 9.84. The summed E-state index contributed by atoms with van der Waals surface area (Å²) in [5.41, 5.74) is 1.40. The molecule has 0 N–H and O–H groups in total. The molecule has 0 atom stereocenters. The SMILES string of the molecule is COc1cc(/C=C(/C#N)c2ccc(Cl)cc2)ccc1OC(=O)C(F)(F)F. The van der Waals surface area contributed by atoms with Crippen LogP contribution in [0.25, 0.3) is 11.6 Å². The maximum Gasteiger partial charge on any atom is 0.491 e. The van der Waals surface area contributed by atoms with Crippen LogP contribution >= 0.6 is 11.6 Å². The zero-order valence-corrected chi connectivity index (χ0v) is 14.1. The summed E-state index contributed by atoms with van der Waals surface area (Å²) >= 11 is 5.81. The number of benzene rings is 2. The van der Waals surface area contributed by atoms with E-state index in [1.807, 2.05) is 6.07 Å². The van der Waals surface area contributed by atoms with Crippen molar-refractivity contribution in [2.45, 2.75) is 6.18 Å². The van der Waals surface area contributed by atoms with Gasteiger partial charge in [0.15, 0.2) is 11.5 Å². The Bertz CT molecular complexity index is 884. The van der Waals surface area contributed by atoms with Gasteiger partial charge >= 0.3 is 12.1 Å². The molecule has 8 heteroatoms. The molecule has 134 valence electrons. The number of nitrogens with zero attached hydrogens (tertiary/aromatic N) is 1. The quantitative estimate of drug-likeness (QED) is 0.328. The van der Waals surface area contributed by atoms with Gasteiger partial charge in [-0.1, -0.05) is 29.8 Å². The molecule has 0 aliphatic heterocycles. The predicted molar refractivity (Wildman–Crippen MR) is 89.6 cm³/mol. The van der Waals surface area contributed by atoms with E-state index in [0.717, 1.165) is 6.07 Å². The third kappa shape index (κ3) is 4.77. The monoisotopic (exact) mass is 381 g/mol. The minimum absolute atomic E-state index is 0.0789. The fraction of sp³-hybridized carbons (Fsp3) is 0.111. The van der Waals surface area contributed by atoms with Gasteiger partial charge in [-0.05, 0) is 41.5 Å². The third-order valence-corrected chi connectivity index (χ3v) is 3.46. The van der Waals surface area contributed by atoms with Crippen molar-refractivity contribution in [2.75, 3.05) is 7.11 Å². The molecule has 0 aliphatic rings. The Morgan fingerprint density at radius 2 is 1.81 bits per heavy atom. The van der Waals surface area contributed by atoms with E-state index in [1.54, 1.807) is 24.3 Å². The number of allylic oxidation sites excluding steroid dienone is 1. The van der Waals surface area contributed by atoms with E-state index in [2.05, 4.69) is 4.74 Å². The van der Waals surface area contributed by atoms with Crippen LogP contribution in [0, 0.1) is 11.3 Å². The third-order valence-electron chi connectivity index (χ3n) is 3.21. The highest BCUT2D eigenvalue weighted by atomic mass is 35.5. The number of methoxy groups -OCH3 is 1. The Hall–Kier alpha value is -2.98. The summed E-state index contributed by atoms with van der Waals surface area (Å²) in [6.07, 6.45) is -3.60. The van der Waals surface area contributed by atoms with Crippen molar-refractivity contribution in [3.63, 3.8) is 0 Å². The number of esters is 1. The molecular formula is C18H11ClF3NO3. The fourth-order valence-corrected chi connectivity index (χ4v) is 2.12. The van der Waals surface area contributed by atoms with E-state index in [1.165, 1.54) is 25.3 Å². The highest BCUT2D eigenvalue weighted by molar-refractivity contribution is 6.30. The first-order valence-electron chi connectivity index (χ1n) is 7.09. The predicted octanol–water partition coefficient (Wildman–Crippen LogP) is 4.88. The fourth-order valence-electron chi connectivity index (χ4n) is 1.99. The van der Waals surface area contributed by atoms with Gasteiger partial charge < -0.3 is 9.47 Å². The molecule has 0 radical (unpaired) electrons. The number of halogens is 4. The van der Waals surface area contributed by atoms with Crippen LogP contribution in [0.1, 0.15) is 11.1 Å². The second kappa shape index (κ2) is 7.93. The van der Waals surface area contributed by atoms with Crippen LogP contribution in [0.5, 0.6) is 11.5 Å². The second-order valence-electron chi connectivity index (χ2n) is 4.97. The molecule has 26 heavy (non-hydrogen) atoms. The number of ether oxygens (including phenoxy) is 2. The molecule has 2 aromatic rings. The molecule has 0 saturated heterocycles. The van der Waals surface area contributed by atoms with Crippen LogP contribution in [0.3, 0.4) is 0 Å². The Balaban J connectivity index is 2.34. The number of rotatable bonds is 4. The Kier molecular flexibility index (Phi) is 5.90. The lowest BCUT2D eigenvalue weighted by molar-refractivity contribution is -0.189. The lowest BCUT2D eigenvalue weighted by Gasteiger charge is -2.11. The first-order valence-corrected chi connectivity index (χ1v) is 7.47. The van der Waals surface area contributed by atoms with Crippen LogP contribution in [-0.4, -0.2) is 19.3 Å². The van der Waals surface area contributed by atoms with Gasteiger partial charge in [0.1, 0.15) is 0 Å². The number of hydrogen-bond donors (Lipinski definition) is 0. The lowest BCUT2D eigenvalue weighted by Crippen LogP contribution is -2.28. The Morgan fingerprint density at radius 1 is 1.15 bits per heavy atom. The molecule has 4 nitrogen and oxygen atoms in total. The van der Waals surface area contributed by atoms with Crippen LogP contribution in [0.15, 0.2) is 42.5 Å². The van der Waals surface area contributed by atoms with E-state index in [9.17, 15) is 23.2 Å². The van der Waals surface area contributed by atoms with Gasteiger partial charge in [0, 0.05) is 5.02 Å². The van der Waals surface area contributed by atoms with Crippen molar-refractivity contribution in [3.8, 4) is 17.6 Å². The van der Waals surface area contributed by atoms with Crippen molar-refractivity contribution in [1.82, 2.24) is 0 Å². The smallest absolute Gasteiger partial charge is 0.491 e. The summed E-state index contributed by atoms with van der Waals surface area (Å²) in [4.78, 5) is 11.0. The Labute approximate surface area is 152 Å². The molecule has 0 saturated carbocycles. The van der Waals surface area contributed by atoms with Crippen LogP contribution in [0.4, 0.5) is 13.2 Å². The van der Waals surface area contributed by atoms with Crippen molar-refractivity contribution in [1.29, 1.82) is 5.26 Å². The minimum atomic E-state index is -5.12. The molecule has 2 rings (SSSR count). The van der Waals surface area contributed by atoms with E-state index in [4.69, 9.17) is 16.3 Å². The van der Waals surface area contributed by atoms with Gasteiger partial charge in [0.25, 0.3) is 0 Å². The standard InChI is InChI=1S/C18H11ClF3NO3/c1-25-16-9-11(2-7-15(16)26-17(24)18(20,21)22)8-13(10-23)12-3-5-14(19)6-4-12/h2-9H,1H3/b13-8-. The molecule has 0 heterocycles. The Morgan fingerprint density at radius 3 is 2.35 bits per heavy atom. The number of nitriles is 1. The summed E-state index contributed by atoms with van der Waals surface area (Å²) in [5.74, 6) is -2.81. The van der Waals surface area contributed by atoms with Gasteiger partial charge in [-0.2, -0.15) is 18.4 Å². The summed E-state index contributed by atoms with van der Waals surface area (Å²) < 4.78 is 46.2. The van der Waals surface area contributed by atoms with Gasteiger partial charge in [-0.3, -0.25) is 0 Å². The van der Waals surface area contributed by atoms with Crippen molar-refractivity contribution < 1.29 is 27.4 Å². The molecule has 0 unspecified atom stereocenters. The molecule has 0 bridgehead atoms. The van der Waals surface area contributed by atoms with E-state index < -0.39 is 12.1 Å². The van der Waals surface area contributed by atoms with Crippen molar-refractivity contribution >= 4 is 29.2 Å². The largest absolute Gasteiger partial charge is 0.493 e. The maximum atomic E-state index is 12.3. The number of alkyl halides is 3. The topological polar surface area (TPSA) is 59.3 Å². The number of hydrogen-bond acceptors (Lipinski definition) is 4. The zero-order chi connectivity index (χ0) is 19.3. The molecule has 2 aromatic carbocycles. The molecular weight excluding hydrogens is 371 g/mol. The van der Waals surface area contributed by atoms with E-state index in [0.29, 0.717) is 21.7 Å². The average molecular weight is 382 g/mol. The first kappa shape index (κ1) is 19.3. The maximum absolute atomic E-state index is 12.3. The number of carbonyl (C=O) groups excluding carboxylic acids is 1. The number of carbonyl (C=O) groups is 1. The molecule has 0 spiro atoms. The molecule has 0 aliphatic carbocycles. The van der Waals surface area contributed by atoms with E-state index in [-0.39, 0.29) is 11.5 Å². The summed E-state index contributed by atoms with van der Waals surface area (Å²) in [6, 6.07) is 12.5. The van der Waals surface area contributed by atoms with Crippen LogP contribution in [0.2, 0.25) is 5.02 Å². The lowest BCUT2D eigenvalue weighted by atomic mass is 10.0. The van der Waals surface area contributed by atoms with Crippen molar-refractivity contribution in [2.24, 2.45) is 0 Å². The zero-order valence-electron chi connectivity index (χ0n) is 13.3. The van der Waals surface area contributed by atoms with Gasteiger partial charge in [0.2, 0.25) is 0 Å². The van der Waals surface area contributed by atoms with Crippen LogP contribution < -0.4 is 9.47 Å².